The maximum atomic E-state index is 12.1. The fraction of sp³-hybridized carbons (Fsp3) is 0.556. The molecular weight excluding hydrogens is 322 g/mol. The first kappa shape index (κ1) is 18.5. The summed E-state index contributed by atoms with van der Waals surface area (Å²) >= 11 is 5.27. The molecule has 1 saturated carbocycles. The third-order valence-electron chi connectivity index (χ3n) is 4.21. The molecule has 1 amide bonds. The second-order valence-electron chi connectivity index (χ2n) is 6.61. The molecule has 0 unspecified atom stereocenters. The van der Waals surface area contributed by atoms with Crippen molar-refractivity contribution in [1.82, 2.24) is 16.2 Å². The van der Waals surface area contributed by atoms with E-state index in [9.17, 15) is 4.79 Å². The maximum Gasteiger partial charge on any atom is 0.269 e. The zero-order valence-corrected chi connectivity index (χ0v) is 15.4. The van der Waals surface area contributed by atoms with E-state index in [4.69, 9.17) is 17.0 Å². The van der Waals surface area contributed by atoms with E-state index >= 15 is 0 Å². The minimum atomic E-state index is -0.230. The smallest absolute Gasteiger partial charge is 0.269 e. The molecule has 1 aliphatic rings. The highest BCUT2D eigenvalue weighted by Crippen LogP contribution is 2.23. The molecule has 0 aromatic heterocycles. The van der Waals surface area contributed by atoms with E-state index in [0.29, 0.717) is 22.6 Å². The number of hydrogen-bond donors (Lipinski definition) is 3. The molecule has 1 aromatic carbocycles. The van der Waals surface area contributed by atoms with Gasteiger partial charge in [-0.1, -0.05) is 19.8 Å². The highest BCUT2D eigenvalue weighted by Gasteiger charge is 2.21. The van der Waals surface area contributed by atoms with Crippen molar-refractivity contribution < 1.29 is 9.53 Å². The molecule has 1 aromatic rings. The van der Waals surface area contributed by atoms with Crippen molar-refractivity contribution in [1.29, 1.82) is 0 Å². The van der Waals surface area contributed by atoms with Crippen molar-refractivity contribution in [2.75, 3.05) is 0 Å². The number of nitrogens with one attached hydrogen (secondary N) is 3. The lowest BCUT2D eigenvalue weighted by molar-refractivity contribution is 0.0943. The van der Waals surface area contributed by atoms with Gasteiger partial charge in [0.15, 0.2) is 5.11 Å². The predicted molar refractivity (Wildman–Crippen MR) is 100.0 cm³/mol. The summed E-state index contributed by atoms with van der Waals surface area (Å²) in [6, 6.07) is 7.41. The van der Waals surface area contributed by atoms with Crippen LogP contribution in [0.1, 0.15) is 56.8 Å². The van der Waals surface area contributed by atoms with Gasteiger partial charge >= 0.3 is 0 Å². The predicted octanol–water partition coefficient (Wildman–Crippen LogP) is 3.16. The Kier molecular flexibility index (Phi) is 6.85. The summed E-state index contributed by atoms with van der Waals surface area (Å²) in [4.78, 5) is 12.1. The summed E-state index contributed by atoms with van der Waals surface area (Å²) in [5, 5.41) is 3.75. The average molecular weight is 350 g/mol. The maximum absolute atomic E-state index is 12.1. The Balaban J connectivity index is 1.78. The quantitative estimate of drug-likeness (QED) is 0.576. The van der Waals surface area contributed by atoms with E-state index in [1.54, 1.807) is 24.3 Å². The molecule has 6 heteroatoms. The summed E-state index contributed by atoms with van der Waals surface area (Å²) in [5.74, 6) is 1.12. The lowest BCUT2D eigenvalue weighted by Gasteiger charge is -2.30. The normalized spacial score (nSPS) is 20.3. The Labute approximate surface area is 149 Å². The summed E-state index contributed by atoms with van der Waals surface area (Å²) in [6.07, 6.45) is 4.96. The third-order valence-corrected chi connectivity index (χ3v) is 4.43. The van der Waals surface area contributed by atoms with Crippen LogP contribution in [0.5, 0.6) is 5.75 Å². The van der Waals surface area contributed by atoms with Crippen LogP contribution in [0.25, 0.3) is 0 Å². The summed E-state index contributed by atoms with van der Waals surface area (Å²) in [6.45, 7) is 6.16. The molecule has 0 heterocycles. The molecule has 3 N–H and O–H groups in total. The van der Waals surface area contributed by atoms with Gasteiger partial charge in [0, 0.05) is 11.6 Å². The number of amides is 1. The van der Waals surface area contributed by atoms with Gasteiger partial charge in [0.25, 0.3) is 5.91 Å². The first-order chi connectivity index (χ1) is 11.5. The van der Waals surface area contributed by atoms with Gasteiger partial charge in [-0.2, -0.15) is 0 Å². The van der Waals surface area contributed by atoms with Crippen LogP contribution < -0.4 is 20.9 Å². The van der Waals surface area contributed by atoms with Gasteiger partial charge in [-0.3, -0.25) is 15.6 Å². The molecule has 0 saturated heterocycles. The molecule has 0 aliphatic heterocycles. The van der Waals surface area contributed by atoms with Crippen molar-refractivity contribution in [3.8, 4) is 5.75 Å². The van der Waals surface area contributed by atoms with Gasteiger partial charge < -0.3 is 10.1 Å². The molecule has 5 nitrogen and oxygen atoms in total. The van der Waals surface area contributed by atoms with Crippen LogP contribution in [-0.4, -0.2) is 23.2 Å². The topological polar surface area (TPSA) is 62.4 Å². The van der Waals surface area contributed by atoms with E-state index in [-0.39, 0.29) is 12.0 Å². The van der Waals surface area contributed by atoms with E-state index in [0.717, 1.165) is 12.2 Å². The first-order valence-corrected chi connectivity index (χ1v) is 9.00. The zero-order chi connectivity index (χ0) is 17.5. The minimum Gasteiger partial charge on any atom is -0.491 e. The van der Waals surface area contributed by atoms with Crippen molar-refractivity contribution >= 4 is 23.2 Å². The van der Waals surface area contributed by atoms with Gasteiger partial charge in [-0.05, 0) is 69.1 Å². The monoisotopic (exact) mass is 349 g/mol. The number of benzene rings is 1. The van der Waals surface area contributed by atoms with E-state index < -0.39 is 0 Å². The molecule has 2 atom stereocenters. The van der Waals surface area contributed by atoms with Crippen molar-refractivity contribution in [3.63, 3.8) is 0 Å². The lowest BCUT2D eigenvalue weighted by Crippen LogP contribution is -2.51. The lowest BCUT2D eigenvalue weighted by atomic mass is 9.86. The van der Waals surface area contributed by atoms with Crippen LogP contribution in [0.15, 0.2) is 24.3 Å². The second kappa shape index (κ2) is 8.87. The van der Waals surface area contributed by atoms with Crippen LogP contribution in [0, 0.1) is 5.92 Å². The van der Waals surface area contributed by atoms with Gasteiger partial charge in [0.05, 0.1) is 6.10 Å². The summed E-state index contributed by atoms with van der Waals surface area (Å²) in [5.41, 5.74) is 5.96. The molecule has 0 radical (unpaired) electrons. The highest BCUT2D eigenvalue weighted by molar-refractivity contribution is 7.80. The molecule has 24 heavy (non-hydrogen) atoms. The largest absolute Gasteiger partial charge is 0.491 e. The van der Waals surface area contributed by atoms with E-state index in [1.165, 1.54) is 19.3 Å². The molecule has 1 fully saturated rings. The Bertz CT molecular complexity index is 560. The SMILES string of the molecule is CC(C)Oc1ccc(C(=O)NNC(=S)N[C@@H]2CCCC[C@H]2C)cc1. The fourth-order valence-corrected chi connectivity index (χ4v) is 3.08. The number of hydrazine groups is 1. The van der Waals surface area contributed by atoms with Crippen LogP contribution in [-0.2, 0) is 0 Å². The molecule has 132 valence electrons. The van der Waals surface area contributed by atoms with Gasteiger partial charge in [-0.15, -0.1) is 0 Å². The molecule has 2 rings (SSSR count). The standard InChI is InChI=1S/C18H27N3O2S/c1-12(2)23-15-10-8-14(9-11-15)17(22)20-21-18(24)19-16-7-5-4-6-13(16)3/h8-13,16H,4-7H2,1-3H3,(H,20,22)(H2,19,21,24)/t13-,16-/m1/s1. The van der Waals surface area contributed by atoms with Crippen LogP contribution in [0.3, 0.4) is 0 Å². The summed E-state index contributed by atoms with van der Waals surface area (Å²) < 4.78 is 5.56. The number of rotatable bonds is 4. The zero-order valence-electron chi connectivity index (χ0n) is 14.6. The van der Waals surface area contributed by atoms with Gasteiger partial charge in [0.1, 0.15) is 5.75 Å². The number of thiocarbonyl (C=S) groups is 1. The van der Waals surface area contributed by atoms with Crippen LogP contribution >= 0.6 is 12.2 Å². The number of hydrogen-bond acceptors (Lipinski definition) is 3. The van der Waals surface area contributed by atoms with Crippen LogP contribution in [0.2, 0.25) is 0 Å². The van der Waals surface area contributed by atoms with Crippen LogP contribution in [0.4, 0.5) is 0 Å². The Morgan fingerprint density at radius 1 is 1.17 bits per heavy atom. The van der Waals surface area contributed by atoms with Crippen molar-refractivity contribution in [2.24, 2.45) is 5.92 Å². The molecule has 0 bridgehead atoms. The molecular formula is C18H27N3O2S. The van der Waals surface area contributed by atoms with Crippen molar-refractivity contribution in [2.45, 2.75) is 58.6 Å². The molecule has 1 aliphatic carbocycles. The highest BCUT2D eigenvalue weighted by atomic mass is 32.1. The average Bonchev–Trinajstić information content (AvgIpc) is 2.55. The van der Waals surface area contributed by atoms with Gasteiger partial charge in [-0.25, -0.2) is 0 Å². The van der Waals surface area contributed by atoms with Gasteiger partial charge in [0.2, 0.25) is 0 Å². The minimum absolute atomic E-state index is 0.108. The fourth-order valence-electron chi connectivity index (χ4n) is 2.88. The first-order valence-electron chi connectivity index (χ1n) is 8.59. The van der Waals surface area contributed by atoms with E-state index in [2.05, 4.69) is 23.1 Å². The number of ether oxygens (including phenoxy) is 1. The third kappa shape index (κ3) is 5.67. The number of carbonyl (C=O) groups is 1. The van der Waals surface area contributed by atoms with Crippen molar-refractivity contribution in [3.05, 3.63) is 29.8 Å². The Morgan fingerprint density at radius 2 is 1.83 bits per heavy atom. The second-order valence-corrected chi connectivity index (χ2v) is 7.02. The Hall–Kier alpha value is -1.82. The number of carbonyl (C=O) groups excluding carboxylic acids is 1. The molecule has 0 spiro atoms. The Morgan fingerprint density at radius 3 is 2.46 bits per heavy atom. The van der Waals surface area contributed by atoms with E-state index in [1.807, 2.05) is 13.8 Å². The summed E-state index contributed by atoms with van der Waals surface area (Å²) in [7, 11) is 0.